The molecule has 1 saturated carbocycles. The van der Waals surface area contributed by atoms with Gasteiger partial charge in [0.1, 0.15) is 0 Å². The Morgan fingerprint density at radius 1 is 1.08 bits per heavy atom. The van der Waals surface area contributed by atoms with Gasteiger partial charge >= 0.3 is 0 Å². The summed E-state index contributed by atoms with van der Waals surface area (Å²) in [5, 5.41) is 1.17. The fourth-order valence-electron chi connectivity index (χ4n) is 3.70. The summed E-state index contributed by atoms with van der Waals surface area (Å²) in [6, 6.07) is 6.03. The van der Waals surface area contributed by atoms with E-state index in [1.165, 1.54) is 0 Å². The van der Waals surface area contributed by atoms with Gasteiger partial charge in [-0.15, -0.1) is 12.4 Å². The van der Waals surface area contributed by atoms with E-state index in [0.29, 0.717) is 28.4 Å². The third-order valence-electron chi connectivity index (χ3n) is 5.26. The van der Waals surface area contributed by atoms with Gasteiger partial charge in [-0.2, -0.15) is 0 Å². The molecule has 2 fully saturated rings. The number of hydrogen-bond acceptors (Lipinski definition) is 3. The molecular formula is C18H26Cl3N3O. The van der Waals surface area contributed by atoms with E-state index in [1.807, 2.05) is 17.0 Å². The fourth-order valence-corrected chi connectivity index (χ4v) is 4.12. The first-order valence-corrected chi connectivity index (χ1v) is 9.52. The summed E-state index contributed by atoms with van der Waals surface area (Å²) in [5.41, 5.74) is 6.90. The Balaban J connectivity index is 0.00000225. The van der Waals surface area contributed by atoms with Crippen molar-refractivity contribution in [2.24, 2.45) is 11.7 Å². The number of nitrogens with zero attached hydrogens (tertiary/aromatic N) is 2. The standard InChI is InChI=1S/C18H25Cl2N3O.ClH/c19-15-2-1-3-16(18(15)20)22-8-10-23(11-9-22)17(24)12-13-4-6-14(21)7-5-13;/h1-3,13-14H,4-12,21H2;1H. The minimum absolute atomic E-state index is 0. The van der Waals surface area contributed by atoms with E-state index in [-0.39, 0.29) is 18.3 Å². The van der Waals surface area contributed by atoms with E-state index >= 15 is 0 Å². The van der Waals surface area contributed by atoms with Crippen molar-refractivity contribution >= 4 is 47.2 Å². The van der Waals surface area contributed by atoms with E-state index in [2.05, 4.69) is 4.90 Å². The van der Waals surface area contributed by atoms with Crippen molar-refractivity contribution < 1.29 is 4.79 Å². The molecule has 1 aromatic carbocycles. The molecule has 7 heteroatoms. The first-order chi connectivity index (χ1) is 11.5. The maximum Gasteiger partial charge on any atom is 0.222 e. The summed E-state index contributed by atoms with van der Waals surface area (Å²) in [6.45, 7) is 3.07. The molecule has 1 aliphatic carbocycles. The molecule has 1 aromatic rings. The van der Waals surface area contributed by atoms with Crippen LogP contribution in [0.3, 0.4) is 0 Å². The van der Waals surface area contributed by atoms with Crippen LogP contribution in [0.15, 0.2) is 18.2 Å². The average molecular weight is 407 g/mol. The summed E-state index contributed by atoms with van der Waals surface area (Å²) < 4.78 is 0. The molecule has 4 nitrogen and oxygen atoms in total. The van der Waals surface area contributed by atoms with Gasteiger partial charge in [-0.05, 0) is 43.7 Å². The van der Waals surface area contributed by atoms with Crippen molar-refractivity contribution in [3.63, 3.8) is 0 Å². The Labute approximate surface area is 166 Å². The summed E-state index contributed by atoms with van der Waals surface area (Å²) >= 11 is 12.4. The zero-order chi connectivity index (χ0) is 17.1. The van der Waals surface area contributed by atoms with Crippen LogP contribution in [0.2, 0.25) is 10.0 Å². The first kappa shape index (κ1) is 20.6. The number of carbonyl (C=O) groups excluding carboxylic acids is 1. The Bertz CT molecular complexity index is 583. The van der Waals surface area contributed by atoms with Gasteiger partial charge in [0.25, 0.3) is 0 Å². The van der Waals surface area contributed by atoms with Crippen LogP contribution in [0.4, 0.5) is 5.69 Å². The van der Waals surface area contributed by atoms with Crippen LogP contribution in [0.1, 0.15) is 32.1 Å². The van der Waals surface area contributed by atoms with Crippen LogP contribution < -0.4 is 10.6 Å². The molecule has 1 saturated heterocycles. The lowest BCUT2D eigenvalue weighted by atomic mass is 9.84. The molecule has 0 bridgehead atoms. The van der Waals surface area contributed by atoms with E-state index in [9.17, 15) is 4.79 Å². The van der Waals surface area contributed by atoms with Gasteiger partial charge < -0.3 is 15.5 Å². The van der Waals surface area contributed by atoms with Crippen LogP contribution in [0.5, 0.6) is 0 Å². The summed E-state index contributed by atoms with van der Waals surface area (Å²) in [5.74, 6) is 0.796. The predicted octanol–water partition coefficient (Wildman–Crippen LogP) is 3.97. The number of benzene rings is 1. The number of nitrogens with two attached hydrogens (primary N) is 1. The maximum absolute atomic E-state index is 12.5. The van der Waals surface area contributed by atoms with Crippen molar-refractivity contribution in [2.75, 3.05) is 31.1 Å². The van der Waals surface area contributed by atoms with Gasteiger partial charge in [0.2, 0.25) is 5.91 Å². The number of carbonyl (C=O) groups is 1. The zero-order valence-electron chi connectivity index (χ0n) is 14.3. The molecule has 2 N–H and O–H groups in total. The molecule has 3 rings (SSSR count). The van der Waals surface area contributed by atoms with E-state index in [0.717, 1.165) is 57.5 Å². The number of piperazine rings is 1. The Kier molecular flexibility index (Phi) is 7.68. The average Bonchev–Trinajstić information content (AvgIpc) is 2.59. The smallest absolute Gasteiger partial charge is 0.222 e. The van der Waals surface area contributed by atoms with Gasteiger partial charge in [-0.3, -0.25) is 4.79 Å². The Hall–Kier alpha value is -0.680. The van der Waals surface area contributed by atoms with Gasteiger partial charge in [0.05, 0.1) is 15.7 Å². The highest BCUT2D eigenvalue weighted by atomic mass is 35.5. The molecule has 2 aliphatic rings. The second kappa shape index (κ2) is 9.31. The second-order valence-electron chi connectivity index (χ2n) is 6.93. The first-order valence-electron chi connectivity index (χ1n) is 8.77. The van der Waals surface area contributed by atoms with Crippen LogP contribution in [-0.2, 0) is 4.79 Å². The molecule has 25 heavy (non-hydrogen) atoms. The highest BCUT2D eigenvalue weighted by Gasteiger charge is 2.26. The molecule has 0 unspecified atom stereocenters. The normalized spacial score (nSPS) is 24.0. The van der Waals surface area contributed by atoms with Crippen LogP contribution in [0, 0.1) is 5.92 Å². The molecule has 1 heterocycles. The number of amides is 1. The topological polar surface area (TPSA) is 49.6 Å². The van der Waals surface area contributed by atoms with Crippen molar-refractivity contribution in [1.29, 1.82) is 0 Å². The minimum atomic E-state index is 0. The maximum atomic E-state index is 12.5. The van der Waals surface area contributed by atoms with Gasteiger partial charge in [-0.25, -0.2) is 0 Å². The number of rotatable bonds is 3. The number of anilines is 1. The lowest BCUT2D eigenvalue weighted by Crippen LogP contribution is -2.49. The molecule has 0 radical (unpaired) electrons. The summed E-state index contributed by atoms with van der Waals surface area (Å²) in [7, 11) is 0. The predicted molar refractivity (Wildman–Crippen MR) is 107 cm³/mol. The van der Waals surface area contributed by atoms with Gasteiger partial charge in [0.15, 0.2) is 0 Å². The highest BCUT2D eigenvalue weighted by molar-refractivity contribution is 6.43. The lowest BCUT2D eigenvalue weighted by Gasteiger charge is -2.37. The van der Waals surface area contributed by atoms with Gasteiger partial charge in [0, 0.05) is 38.6 Å². The Morgan fingerprint density at radius 2 is 1.72 bits per heavy atom. The van der Waals surface area contributed by atoms with E-state index < -0.39 is 0 Å². The number of halogens is 3. The van der Waals surface area contributed by atoms with Crippen LogP contribution in [-0.4, -0.2) is 43.0 Å². The fraction of sp³-hybridized carbons (Fsp3) is 0.611. The third kappa shape index (κ3) is 5.16. The van der Waals surface area contributed by atoms with Gasteiger partial charge in [-0.1, -0.05) is 29.3 Å². The van der Waals surface area contributed by atoms with Crippen LogP contribution >= 0.6 is 35.6 Å². The molecule has 0 spiro atoms. The quantitative estimate of drug-likeness (QED) is 0.826. The third-order valence-corrected chi connectivity index (χ3v) is 6.07. The van der Waals surface area contributed by atoms with Crippen LogP contribution in [0.25, 0.3) is 0 Å². The molecular weight excluding hydrogens is 381 g/mol. The SMILES string of the molecule is Cl.NC1CCC(CC(=O)N2CCN(c3cccc(Cl)c3Cl)CC2)CC1. The minimum Gasteiger partial charge on any atom is -0.367 e. The molecule has 1 aliphatic heterocycles. The molecule has 0 atom stereocenters. The largest absolute Gasteiger partial charge is 0.367 e. The Morgan fingerprint density at radius 3 is 2.36 bits per heavy atom. The number of hydrogen-bond donors (Lipinski definition) is 1. The molecule has 140 valence electrons. The van der Waals surface area contributed by atoms with E-state index in [1.54, 1.807) is 6.07 Å². The van der Waals surface area contributed by atoms with Crippen molar-refractivity contribution in [3.8, 4) is 0 Å². The lowest BCUT2D eigenvalue weighted by molar-refractivity contribution is -0.132. The molecule has 1 amide bonds. The monoisotopic (exact) mass is 405 g/mol. The summed E-state index contributed by atoms with van der Waals surface area (Å²) in [6.07, 6.45) is 4.96. The second-order valence-corrected chi connectivity index (χ2v) is 7.71. The summed E-state index contributed by atoms with van der Waals surface area (Å²) in [4.78, 5) is 16.7. The molecule has 0 aromatic heterocycles. The zero-order valence-corrected chi connectivity index (χ0v) is 16.6. The van der Waals surface area contributed by atoms with Crippen molar-refractivity contribution in [1.82, 2.24) is 4.90 Å². The van der Waals surface area contributed by atoms with Crippen molar-refractivity contribution in [2.45, 2.75) is 38.1 Å². The van der Waals surface area contributed by atoms with Crippen molar-refractivity contribution in [3.05, 3.63) is 28.2 Å². The highest BCUT2D eigenvalue weighted by Crippen LogP contribution is 2.33. The van der Waals surface area contributed by atoms with E-state index in [4.69, 9.17) is 28.9 Å².